The van der Waals surface area contributed by atoms with E-state index < -0.39 is 0 Å². The Kier molecular flexibility index (Phi) is 8.04. The number of nitrogens with zero attached hydrogens (tertiary/aromatic N) is 6. The van der Waals surface area contributed by atoms with Gasteiger partial charge in [-0.25, -0.2) is 19.9 Å². The first-order valence-corrected chi connectivity index (χ1v) is 18.3. The largest absolute Gasteiger partial charge is 0.291 e. The highest BCUT2D eigenvalue weighted by Crippen LogP contribution is 2.37. The molecule has 10 rings (SSSR count). The fourth-order valence-corrected chi connectivity index (χ4v) is 7.29. The van der Waals surface area contributed by atoms with Gasteiger partial charge in [-0.1, -0.05) is 152 Å². The molecule has 0 spiro atoms. The van der Waals surface area contributed by atoms with E-state index in [0.717, 1.165) is 78.0 Å². The first kappa shape index (κ1) is 32.1. The van der Waals surface area contributed by atoms with Gasteiger partial charge in [-0.3, -0.25) is 9.55 Å². The molecule has 0 saturated carbocycles. The second kappa shape index (κ2) is 13.8. The predicted molar refractivity (Wildman–Crippen MR) is 222 cm³/mol. The Balaban J connectivity index is 1.04. The summed E-state index contributed by atoms with van der Waals surface area (Å²) in [6.07, 6.45) is 1.96. The van der Waals surface area contributed by atoms with Crippen molar-refractivity contribution in [3.63, 3.8) is 0 Å². The van der Waals surface area contributed by atoms with Crippen LogP contribution in [0.4, 0.5) is 0 Å². The van der Waals surface area contributed by atoms with E-state index in [1.807, 2.05) is 103 Å². The molecule has 6 nitrogen and oxygen atoms in total. The van der Waals surface area contributed by atoms with E-state index >= 15 is 0 Å². The van der Waals surface area contributed by atoms with Gasteiger partial charge < -0.3 is 0 Å². The van der Waals surface area contributed by atoms with E-state index in [2.05, 4.69) is 95.6 Å². The maximum atomic E-state index is 5.01. The first-order valence-electron chi connectivity index (χ1n) is 18.3. The summed E-state index contributed by atoms with van der Waals surface area (Å²) >= 11 is 0. The van der Waals surface area contributed by atoms with Crippen LogP contribution >= 0.6 is 0 Å². The molecule has 7 aromatic carbocycles. The number of para-hydroxylation sites is 3. The Morgan fingerprint density at radius 3 is 1.53 bits per heavy atom. The van der Waals surface area contributed by atoms with Crippen molar-refractivity contribution in [2.24, 2.45) is 0 Å². The molecule has 3 aromatic heterocycles. The van der Waals surface area contributed by atoms with Crippen LogP contribution in [0.5, 0.6) is 0 Å². The summed E-state index contributed by atoms with van der Waals surface area (Å²) in [6, 6.07) is 64.3. The molecular formula is C49H32N6. The summed E-state index contributed by atoms with van der Waals surface area (Å²) in [7, 11) is 0. The van der Waals surface area contributed by atoms with Gasteiger partial charge in [0.25, 0.3) is 0 Å². The summed E-state index contributed by atoms with van der Waals surface area (Å²) in [5.41, 5.74) is 11.0. The summed E-state index contributed by atoms with van der Waals surface area (Å²) in [4.78, 5) is 24.8. The molecular weight excluding hydrogens is 673 g/mol. The Labute approximate surface area is 318 Å². The van der Waals surface area contributed by atoms with E-state index in [-0.39, 0.29) is 0 Å². The first-order chi connectivity index (χ1) is 27.3. The third-order valence-electron chi connectivity index (χ3n) is 9.93. The SMILES string of the molecule is c1ccc(-c2nc(-c3ccccc3)nc(-c3cccc(-c4ccc(-c5ccc(-c6nc7ccccc7n6-c6ccccc6)nc5)c5ccccc45)c3)n2)cc1. The minimum absolute atomic E-state index is 0.627. The summed E-state index contributed by atoms with van der Waals surface area (Å²) < 4.78 is 2.18. The second-order valence-electron chi connectivity index (χ2n) is 13.4. The van der Waals surface area contributed by atoms with Gasteiger partial charge in [0.05, 0.1) is 11.0 Å². The zero-order valence-electron chi connectivity index (χ0n) is 29.7. The van der Waals surface area contributed by atoms with Gasteiger partial charge in [-0.05, 0) is 63.9 Å². The Morgan fingerprint density at radius 1 is 0.364 bits per heavy atom. The number of aromatic nitrogens is 6. The van der Waals surface area contributed by atoms with Gasteiger partial charge in [0.2, 0.25) is 0 Å². The van der Waals surface area contributed by atoms with Crippen molar-refractivity contribution < 1.29 is 0 Å². The van der Waals surface area contributed by atoms with Gasteiger partial charge in [0, 0.05) is 34.1 Å². The molecule has 0 aliphatic rings. The van der Waals surface area contributed by atoms with Gasteiger partial charge in [-0.15, -0.1) is 0 Å². The fourth-order valence-electron chi connectivity index (χ4n) is 7.29. The molecule has 10 aromatic rings. The van der Waals surface area contributed by atoms with Crippen LogP contribution in [0.25, 0.3) is 95.4 Å². The number of rotatable bonds is 7. The highest BCUT2D eigenvalue weighted by molar-refractivity contribution is 6.05. The van der Waals surface area contributed by atoms with Crippen LogP contribution in [0.2, 0.25) is 0 Å². The lowest BCUT2D eigenvalue weighted by Crippen LogP contribution is -2.00. The molecule has 258 valence electrons. The van der Waals surface area contributed by atoms with Crippen LogP contribution < -0.4 is 0 Å². The lowest BCUT2D eigenvalue weighted by atomic mass is 9.92. The minimum atomic E-state index is 0.627. The number of fused-ring (bicyclic) bond motifs is 2. The average molecular weight is 705 g/mol. The van der Waals surface area contributed by atoms with Crippen molar-refractivity contribution in [3.05, 3.63) is 194 Å². The van der Waals surface area contributed by atoms with Crippen LogP contribution in [0.3, 0.4) is 0 Å². The number of imidazole rings is 1. The number of hydrogen-bond acceptors (Lipinski definition) is 5. The van der Waals surface area contributed by atoms with E-state index in [4.69, 9.17) is 24.9 Å². The normalized spacial score (nSPS) is 11.3. The van der Waals surface area contributed by atoms with Crippen LogP contribution in [-0.4, -0.2) is 29.5 Å². The molecule has 0 saturated heterocycles. The van der Waals surface area contributed by atoms with Gasteiger partial charge in [0.15, 0.2) is 23.3 Å². The molecule has 3 heterocycles. The molecule has 0 fully saturated rings. The van der Waals surface area contributed by atoms with Gasteiger partial charge in [-0.2, -0.15) is 0 Å². The van der Waals surface area contributed by atoms with Crippen LogP contribution in [-0.2, 0) is 0 Å². The molecule has 0 amide bonds. The van der Waals surface area contributed by atoms with E-state index in [1.165, 1.54) is 0 Å². The van der Waals surface area contributed by atoms with E-state index in [9.17, 15) is 0 Å². The number of benzene rings is 7. The maximum Gasteiger partial charge on any atom is 0.164 e. The number of pyridine rings is 1. The quantitative estimate of drug-likeness (QED) is 0.165. The predicted octanol–water partition coefficient (Wildman–Crippen LogP) is 11.8. The van der Waals surface area contributed by atoms with Crippen LogP contribution in [0.1, 0.15) is 0 Å². The Hall–Kier alpha value is -7.57. The number of hydrogen-bond donors (Lipinski definition) is 0. The van der Waals surface area contributed by atoms with Crippen molar-refractivity contribution in [1.82, 2.24) is 29.5 Å². The average Bonchev–Trinajstić information content (AvgIpc) is 3.67. The molecule has 6 heteroatoms. The van der Waals surface area contributed by atoms with Gasteiger partial charge in [0.1, 0.15) is 5.69 Å². The molecule has 0 atom stereocenters. The van der Waals surface area contributed by atoms with Crippen molar-refractivity contribution in [3.8, 4) is 73.6 Å². The smallest absolute Gasteiger partial charge is 0.164 e. The zero-order valence-corrected chi connectivity index (χ0v) is 29.7. The Bertz CT molecular complexity index is 2900. The zero-order chi connectivity index (χ0) is 36.6. The molecule has 0 radical (unpaired) electrons. The molecule has 0 unspecified atom stereocenters. The van der Waals surface area contributed by atoms with Gasteiger partial charge >= 0.3 is 0 Å². The molecule has 0 N–H and O–H groups in total. The third kappa shape index (κ3) is 6.02. The van der Waals surface area contributed by atoms with E-state index in [1.54, 1.807) is 0 Å². The molecule has 0 aliphatic heterocycles. The van der Waals surface area contributed by atoms with Crippen molar-refractivity contribution >= 4 is 21.8 Å². The lowest BCUT2D eigenvalue weighted by molar-refractivity contribution is 1.07. The lowest BCUT2D eigenvalue weighted by Gasteiger charge is -2.14. The van der Waals surface area contributed by atoms with E-state index in [0.29, 0.717) is 17.5 Å². The molecule has 0 aliphatic carbocycles. The standard InChI is InChI=1S/C49H32N6/c1-4-15-33(16-5-1)46-52-47(34-17-6-2-7-18-34)54-48(53-46)36-20-14-19-35(31-36)39-28-29-40(42-24-11-10-23-41(39)42)37-27-30-44(50-32-37)49-51-43-25-12-13-26-45(43)55(49)38-21-8-3-9-22-38/h1-32H. The summed E-state index contributed by atoms with van der Waals surface area (Å²) in [5, 5.41) is 2.30. The summed E-state index contributed by atoms with van der Waals surface area (Å²) in [6.45, 7) is 0. The highest BCUT2D eigenvalue weighted by atomic mass is 15.1. The second-order valence-corrected chi connectivity index (χ2v) is 13.4. The van der Waals surface area contributed by atoms with Crippen molar-refractivity contribution in [2.75, 3.05) is 0 Å². The minimum Gasteiger partial charge on any atom is -0.291 e. The fraction of sp³-hybridized carbons (Fsp3) is 0. The summed E-state index contributed by atoms with van der Waals surface area (Å²) in [5.74, 6) is 2.72. The maximum absolute atomic E-state index is 5.01. The third-order valence-corrected chi connectivity index (χ3v) is 9.93. The van der Waals surface area contributed by atoms with Crippen LogP contribution in [0, 0.1) is 0 Å². The van der Waals surface area contributed by atoms with Crippen LogP contribution in [0.15, 0.2) is 194 Å². The highest BCUT2D eigenvalue weighted by Gasteiger charge is 2.17. The topological polar surface area (TPSA) is 69.4 Å². The molecule has 55 heavy (non-hydrogen) atoms. The Morgan fingerprint density at radius 2 is 0.891 bits per heavy atom. The van der Waals surface area contributed by atoms with Crippen molar-refractivity contribution in [2.45, 2.75) is 0 Å². The molecule has 0 bridgehead atoms. The monoisotopic (exact) mass is 704 g/mol. The van der Waals surface area contributed by atoms with Crippen molar-refractivity contribution in [1.29, 1.82) is 0 Å².